The van der Waals surface area contributed by atoms with Gasteiger partial charge in [0.1, 0.15) is 0 Å². The van der Waals surface area contributed by atoms with Crippen molar-refractivity contribution in [3.05, 3.63) is 0 Å². The Kier molecular flexibility index (Phi) is 3.61. The van der Waals surface area contributed by atoms with Crippen LogP contribution in [-0.4, -0.2) is 44.6 Å². The number of hydrogen-bond donors (Lipinski definition) is 1. The molecular formula is C7H14BF3N2. The summed E-state index contributed by atoms with van der Waals surface area (Å²) in [5.74, 6) is 0. The molecule has 1 fully saturated rings. The van der Waals surface area contributed by atoms with Crippen LogP contribution in [0.2, 0.25) is 0 Å². The average Bonchev–Trinajstić information content (AvgIpc) is 2.33. The second-order valence-corrected chi connectivity index (χ2v) is 3.57. The molecule has 0 saturated carbocycles. The maximum atomic E-state index is 11.8. The van der Waals surface area contributed by atoms with Gasteiger partial charge in [-0.05, 0) is 13.0 Å². The number of nitrogens with one attached hydrogen (secondary N) is 1. The van der Waals surface area contributed by atoms with Crippen LogP contribution in [0.5, 0.6) is 0 Å². The minimum Gasteiger partial charge on any atom is -0.347 e. The van der Waals surface area contributed by atoms with E-state index in [9.17, 15) is 13.2 Å². The lowest BCUT2D eigenvalue weighted by Crippen LogP contribution is -2.34. The Morgan fingerprint density at radius 1 is 1.46 bits per heavy atom. The summed E-state index contributed by atoms with van der Waals surface area (Å²) in [7, 11) is 1.98. The molecule has 0 aliphatic carbocycles. The molecule has 1 N–H and O–H groups in total. The smallest absolute Gasteiger partial charge is 0.347 e. The van der Waals surface area contributed by atoms with Crippen molar-refractivity contribution in [1.82, 2.24) is 10.1 Å². The van der Waals surface area contributed by atoms with E-state index in [1.165, 1.54) is 0 Å². The van der Waals surface area contributed by atoms with Gasteiger partial charge >= 0.3 is 6.18 Å². The molecule has 0 bridgehead atoms. The maximum Gasteiger partial charge on any atom is 0.390 e. The molecule has 13 heavy (non-hydrogen) atoms. The van der Waals surface area contributed by atoms with Crippen LogP contribution in [0.25, 0.3) is 0 Å². The third kappa shape index (κ3) is 4.52. The van der Waals surface area contributed by atoms with Crippen LogP contribution in [0, 0.1) is 0 Å². The average molecular weight is 194 g/mol. The zero-order valence-corrected chi connectivity index (χ0v) is 7.69. The topological polar surface area (TPSA) is 15.3 Å². The van der Waals surface area contributed by atoms with Crippen LogP contribution in [0.1, 0.15) is 12.8 Å². The summed E-state index contributed by atoms with van der Waals surface area (Å²) in [5, 5.41) is 2.91. The van der Waals surface area contributed by atoms with E-state index in [1.807, 2.05) is 7.98 Å². The van der Waals surface area contributed by atoms with E-state index < -0.39 is 12.6 Å². The van der Waals surface area contributed by atoms with Crippen molar-refractivity contribution in [3.63, 3.8) is 0 Å². The van der Waals surface area contributed by atoms with Gasteiger partial charge in [0.25, 0.3) is 0 Å². The number of alkyl halides is 3. The molecule has 0 aromatic heterocycles. The van der Waals surface area contributed by atoms with Crippen molar-refractivity contribution in [2.75, 3.05) is 19.6 Å². The SMILES string of the molecule is BN1CC[C@H](NCCC(F)(F)F)C1. The lowest BCUT2D eigenvalue weighted by Gasteiger charge is -2.13. The van der Waals surface area contributed by atoms with Crippen molar-refractivity contribution < 1.29 is 13.2 Å². The monoisotopic (exact) mass is 194 g/mol. The molecule has 1 rings (SSSR count). The maximum absolute atomic E-state index is 11.8. The fourth-order valence-corrected chi connectivity index (χ4v) is 1.52. The minimum atomic E-state index is -4.03. The third-order valence-corrected chi connectivity index (χ3v) is 2.23. The summed E-state index contributed by atoms with van der Waals surface area (Å²) in [6.45, 7) is 1.88. The molecule has 0 unspecified atom stereocenters. The van der Waals surface area contributed by atoms with E-state index in [0.717, 1.165) is 19.5 Å². The molecule has 1 atom stereocenters. The van der Waals surface area contributed by atoms with Gasteiger partial charge in [-0.25, -0.2) is 0 Å². The van der Waals surface area contributed by atoms with E-state index in [-0.39, 0.29) is 12.6 Å². The van der Waals surface area contributed by atoms with Crippen molar-refractivity contribution in [2.24, 2.45) is 0 Å². The summed E-state index contributed by atoms with van der Waals surface area (Å²) >= 11 is 0. The summed E-state index contributed by atoms with van der Waals surface area (Å²) in [5.41, 5.74) is 0. The molecule has 2 nitrogen and oxygen atoms in total. The van der Waals surface area contributed by atoms with Crippen LogP contribution in [0.3, 0.4) is 0 Å². The van der Waals surface area contributed by atoms with Crippen LogP contribution < -0.4 is 5.32 Å². The molecule has 1 heterocycles. The fraction of sp³-hybridized carbons (Fsp3) is 1.00. The highest BCUT2D eigenvalue weighted by atomic mass is 19.4. The van der Waals surface area contributed by atoms with E-state index in [1.54, 1.807) is 0 Å². The second kappa shape index (κ2) is 4.33. The van der Waals surface area contributed by atoms with Crippen molar-refractivity contribution in [1.29, 1.82) is 0 Å². The Hall–Kier alpha value is -0.225. The van der Waals surface area contributed by atoms with Crippen LogP contribution in [-0.2, 0) is 0 Å². The zero-order valence-electron chi connectivity index (χ0n) is 7.69. The molecule has 0 aromatic rings. The van der Waals surface area contributed by atoms with Crippen LogP contribution in [0.4, 0.5) is 13.2 Å². The van der Waals surface area contributed by atoms with Gasteiger partial charge in [-0.3, -0.25) is 0 Å². The molecular weight excluding hydrogens is 180 g/mol. The Balaban J connectivity index is 2.07. The minimum absolute atomic E-state index is 0.0437. The standard InChI is InChI=1S/C7H14BF3N2/c8-13-4-1-6(5-13)12-3-2-7(9,10)11/h6,12H,1-5,8H2/t6-/m0/s1. The number of hydrogen-bond acceptors (Lipinski definition) is 2. The molecule has 6 heteroatoms. The Morgan fingerprint density at radius 2 is 2.15 bits per heavy atom. The van der Waals surface area contributed by atoms with Crippen molar-refractivity contribution in [2.45, 2.75) is 25.1 Å². The van der Waals surface area contributed by atoms with Gasteiger partial charge in [-0.1, -0.05) is 0 Å². The highest BCUT2D eigenvalue weighted by molar-refractivity contribution is 6.04. The van der Waals surface area contributed by atoms with Crippen molar-refractivity contribution >= 4 is 7.98 Å². The fourth-order valence-electron chi connectivity index (χ4n) is 1.52. The highest BCUT2D eigenvalue weighted by Gasteiger charge is 2.27. The predicted octanol–water partition coefficient (Wildman–Crippen LogP) is 0.151. The number of nitrogens with zero attached hydrogens (tertiary/aromatic N) is 1. The Morgan fingerprint density at radius 3 is 2.62 bits per heavy atom. The first-order valence-corrected chi connectivity index (χ1v) is 4.46. The lowest BCUT2D eigenvalue weighted by molar-refractivity contribution is -0.133. The molecule has 1 aliphatic heterocycles. The highest BCUT2D eigenvalue weighted by Crippen LogP contribution is 2.18. The second-order valence-electron chi connectivity index (χ2n) is 3.57. The van der Waals surface area contributed by atoms with E-state index in [2.05, 4.69) is 10.1 Å². The van der Waals surface area contributed by atoms with Gasteiger partial charge in [-0.15, -0.1) is 0 Å². The molecule has 1 aliphatic rings. The Labute approximate surface area is 76.9 Å². The van der Waals surface area contributed by atoms with Gasteiger partial charge in [0.15, 0.2) is 7.98 Å². The summed E-state index contributed by atoms with van der Waals surface area (Å²) in [6, 6.07) is 0.243. The number of rotatable bonds is 3. The van der Waals surface area contributed by atoms with Crippen LogP contribution >= 0.6 is 0 Å². The number of halogens is 3. The largest absolute Gasteiger partial charge is 0.390 e. The normalized spacial score (nSPS) is 25.3. The van der Waals surface area contributed by atoms with Gasteiger partial charge < -0.3 is 10.1 Å². The summed E-state index contributed by atoms with van der Waals surface area (Å²) in [6.07, 6.45) is -3.81. The summed E-state index contributed by atoms with van der Waals surface area (Å²) in [4.78, 5) is 2.12. The van der Waals surface area contributed by atoms with Gasteiger partial charge in [0.05, 0.1) is 6.42 Å². The quantitative estimate of drug-likeness (QED) is 0.643. The van der Waals surface area contributed by atoms with Crippen molar-refractivity contribution in [3.8, 4) is 0 Å². The Bertz CT molecular complexity index is 162. The third-order valence-electron chi connectivity index (χ3n) is 2.23. The molecule has 0 amide bonds. The molecule has 0 aromatic carbocycles. The van der Waals surface area contributed by atoms with Crippen LogP contribution in [0.15, 0.2) is 0 Å². The lowest BCUT2D eigenvalue weighted by atomic mass is 10.2. The molecule has 0 radical (unpaired) electrons. The van der Waals surface area contributed by atoms with Gasteiger partial charge in [0.2, 0.25) is 0 Å². The molecule has 76 valence electrons. The zero-order chi connectivity index (χ0) is 9.90. The first-order chi connectivity index (χ1) is 5.97. The molecule has 0 spiro atoms. The first-order valence-electron chi connectivity index (χ1n) is 4.46. The first kappa shape index (κ1) is 10.9. The van der Waals surface area contributed by atoms with E-state index in [4.69, 9.17) is 0 Å². The predicted molar refractivity (Wildman–Crippen MR) is 47.2 cm³/mol. The molecule has 1 saturated heterocycles. The van der Waals surface area contributed by atoms with Gasteiger partial charge in [0, 0.05) is 19.1 Å². The summed E-state index contributed by atoms with van der Waals surface area (Å²) < 4.78 is 35.3. The van der Waals surface area contributed by atoms with E-state index >= 15 is 0 Å². The van der Waals surface area contributed by atoms with E-state index in [0.29, 0.717) is 0 Å². The van der Waals surface area contributed by atoms with Gasteiger partial charge in [-0.2, -0.15) is 13.2 Å².